The van der Waals surface area contributed by atoms with Gasteiger partial charge in [-0.05, 0) is 42.3 Å². The average Bonchev–Trinajstić information content (AvgIpc) is 2.92. The fraction of sp³-hybridized carbons (Fsp3) is 0.222. The first-order valence-electron chi connectivity index (χ1n) is 11.3. The van der Waals surface area contributed by atoms with Gasteiger partial charge in [0.1, 0.15) is 6.61 Å². The number of carbonyl (C=O) groups is 2. The standard InChI is InChI=1S/C27H28ClN3O6/c1-34-22-12-11-18(15-24(22)36-3)13-14-29-26(32)27(33)31-30-16-19-8-6-10-23(35-2)25(19)37-17-20-7-4-5-9-21(20)28/h4-12,15-16H,13-14,17H2,1-3H3,(H,29,32)(H,31,33)/b30-16-. The fourth-order valence-corrected chi connectivity index (χ4v) is 3.55. The minimum atomic E-state index is -0.898. The van der Waals surface area contributed by atoms with Crippen molar-refractivity contribution in [3.8, 4) is 23.0 Å². The second-order valence-corrected chi connectivity index (χ2v) is 8.06. The molecular weight excluding hydrogens is 498 g/mol. The lowest BCUT2D eigenvalue weighted by atomic mass is 10.1. The molecule has 2 amide bonds. The topological polar surface area (TPSA) is 107 Å². The molecule has 194 valence electrons. The van der Waals surface area contributed by atoms with Gasteiger partial charge in [-0.2, -0.15) is 5.10 Å². The van der Waals surface area contributed by atoms with Gasteiger partial charge < -0.3 is 24.3 Å². The molecule has 0 fully saturated rings. The molecule has 3 aromatic carbocycles. The van der Waals surface area contributed by atoms with Crippen LogP contribution in [-0.2, 0) is 22.6 Å². The summed E-state index contributed by atoms with van der Waals surface area (Å²) in [6.45, 7) is 0.455. The molecule has 0 radical (unpaired) electrons. The maximum absolute atomic E-state index is 12.2. The maximum Gasteiger partial charge on any atom is 0.329 e. The zero-order valence-electron chi connectivity index (χ0n) is 20.7. The first-order valence-corrected chi connectivity index (χ1v) is 11.7. The molecule has 0 aromatic heterocycles. The van der Waals surface area contributed by atoms with Crippen LogP contribution in [0.15, 0.2) is 65.8 Å². The summed E-state index contributed by atoms with van der Waals surface area (Å²) < 4.78 is 21.8. The van der Waals surface area contributed by atoms with Gasteiger partial charge in [-0.15, -0.1) is 0 Å². The molecule has 0 saturated heterocycles. The van der Waals surface area contributed by atoms with Gasteiger partial charge in [-0.3, -0.25) is 9.59 Å². The van der Waals surface area contributed by atoms with E-state index in [1.54, 1.807) is 44.6 Å². The predicted octanol–water partition coefficient (Wildman–Crippen LogP) is 3.75. The Bertz CT molecular complexity index is 1260. The largest absolute Gasteiger partial charge is 0.493 e. The Morgan fingerprint density at radius 1 is 0.892 bits per heavy atom. The summed E-state index contributed by atoms with van der Waals surface area (Å²) in [6.07, 6.45) is 1.87. The SMILES string of the molecule is COc1ccc(CCNC(=O)C(=O)N/N=C\c2cccc(OC)c2OCc2ccccc2Cl)cc1OC. The van der Waals surface area contributed by atoms with Crippen LogP contribution in [0.25, 0.3) is 0 Å². The third-order valence-corrected chi connectivity index (χ3v) is 5.65. The van der Waals surface area contributed by atoms with E-state index in [9.17, 15) is 9.59 Å². The number of rotatable bonds is 11. The van der Waals surface area contributed by atoms with Gasteiger partial charge in [0.15, 0.2) is 23.0 Å². The van der Waals surface area contributed by atoms with Crippen molar-refractivity contribution in [1.82, 2.24) is 10.7 Å². The molecule has 10 heteroatoms. The van der Waals surface area contributed by atoms with Crippen molar-refractivity contribution in [2.45, 2.75) is 13.0 Å². The molecule has 3 rings (SSSR count). The van der Waals surface area contributed by atoms with Crippen molar-refractivity contribution in [2.75, 3.05) is 27.9 Å². The molecule has 0 aliphatic heterocycles. The number of benzene rings is 3. The molecule has 9 nitrogen and oxygen atoms in total. The highest BCUT2D eigenvalue weighted by atomic mass is 35.5. The Kier molecular flexibility index (Phi) is 10.2. The van der Waals surface area contributed by atoms with Crippen LogP contribution >= 0.6 is 11.6 Å². The lowest BCUT2D eigenvalue weighted by Crippen LogP contribution is -2.38. The van der Waals surface area contributed by atoms with E-state index in [0.29, 0.717) is 40.0 Å². The van der Waals surface area contributed by atoms with Crippen molar-refractivity contribution >= 4 is 29.6 Å². The highest BCUT2D eigenvalue weighted by Crippen LogP contribution is 2.31. The van der Waals surface area contributed by atoms with E-state index in [0.717, 1.165) is 11.1 Å². The fourth-order valence-electron chi connectivity index (χ4n) is 3.36. The number of nitrogens with zero attached hydrogens (tertiary/aromatic N) is 1. The van der Waals surface area contributed by atoms with E-state index in [2.05, 4.69) is 15.8 Å². The van der Waals surface area contributed by atoms with Crippen LogP contribution in [0.3, 0.4) is 0 Å². The maximum atomic E-state index is 12.2. The Labute approximate surface area is 220 Å². The van der Waals surface area contributed by atoms with Crippen LogP contribution in [0.2, 0.25) is 5.02 Å². The second kappa shape index (κ2) is 13.7. The Morgan fingerprint density at radius 3 is 2.38 bits per heavy atom. The number of hydrogen-bond donors (Lipinski definition) is 2. The molecule has 37 heavy (non-hydrogen) atoms. The van der Waals surface area contributed by atoms with E-state index in [4.69, 9.17) is 30.5 Å². The Hall–Kier alpha value is -4.24. The summed E-state index contributed by atoms with van der Waals surface area (Å²) in [5.74, 6) is 0.396. The van der Waals surface area contributed by atoms with Crippen molar-refractivity contribution in [2.24, 2.45) is 5.10 Å². The number of nitrogens with one attached hydrogen (secondary N) is 2. The summed E-state index contributed by atoms with van der Waals surface area (Å²) in [4.78, 5) is 24.3. The van der Waals surface area contributed by atoms with Crippen molar-refractivity contribution in [3.63, 3.8) is 0 Å². The van der Waals surface area contributed by atoms with Gasteiger partial charge in [0.2, 0.25) is 0 Å². The molecule has 0 spiro atoms. The molecule has 0 atom stereocenters. The number of hydrazone groups is 1. The van der Waals surface area contributed by atoms with E-state index in [1.165, 1.54) is 13.3 Å². The molecule has 0 aliphatic rings. The third-order valence-electron chi connectivity index (χ3n) is 5.28. The minimum absolute atomic E-state index is 0.204. The number of para-hydroxylation sites is 1. The normalized spacial score (nSPS) is 10.6. The van der Waals surface area contributed by atoms with Crippen LogP contribution in [-0.4, -0.2) is 45.9 Å². The smallest absolute Gasteiger partial charge is 0.329 e. The van der Waals surface area contributed by atoms with Crippen molar-refractivity contribution in [3.05, 3.63) is 82.4 Å². The summed E-state index contributed by atoms with van der Waals surface area (Å²) in [7, 11) is 4.63. The number of ether oxygens (including phenoxy) is 4. The number of methoxy groups -OCH3 is 3. The predicted molar refractivity (Wildman–Crippen MR) is 141 cm³/mol. The van der Waals surface area contributed by atoms with E-state index in [-0.39, 0.29) is 13.2 Å². The summed E-state index contributed by atoms with van der Waals surface area (Å²) in [5, 5.41) is 7.05. The Morgan fingerprint density at radius 2 is 1.65 bits per heavy atom. The first kappa shape index (κ1) is 27.3. The number of halogens is 1. The van der Waals surface area contributed by atoms with Gasteiger partial charge in [0.25, 0.3) is 0 Å². The van der Waals surface area contributed by atoms with Crippen molar-refractivity contribution < 1.29 is 28.5 Å². The van der Waals surface area contributed by atoms with Crippen LogP contribution in [0.5, 0.6) is 23.0 Å². The molecule has 2 N–H and O–H groups in total. The average molecular weight is 526 g/mol. The molecule has 0 saturated carbocycles. The second-order valence-electron chi connectivity index (χ2n) is 7.65. The van der Waals surface area contributed by atoms with Crippen LogP contribution in [0.1, 0.15) is 16.7 Å². The Balaban J connectivity index is 1.55. The highest BCUT2D eigenvalue weighted by Gasteiger charge is 2.14. The molecule has 0 unspecified atom stereocenters. The monoisotopic (exact) mass is 525 g/mol. The molecule has 0 aliphatic carbocycles. The minimum Gasteiger partial charge on any atom is -0.493 e. The lowest BCUT2D eigenvalue weighted by molar-refractivity contribution is -0.139. The van der Waals surface area contributed by atoms with Gasteiger partial charge in [0, 0.05) is 22.7 Å². The molecule has 0 bridgehead atoms. The first-order chi connectivity index (χ1) is 18.0. The summed E-state index contributed by atoms with van der Waals surface area (Å²) >= 11 is 6.22. The van der Waals surface area contributed by atoms with E-state index >= 15 is 0 Å². The van der Waals surface area contributed by atoms with E-state index < -0.39 is 11.8 Å². The zero-order valence-corrected chi connectivity index (χ0v) is 21.5. The van der Waals surface area contributed by atoms with E-state index in [1.807, 2.05) is 30.3 Å². The number of amides is 2. The molecule has 0 heterocycles. The highest BCUT2D eigenvalue weighted by molar-refractivity contribution is 6.35. The van der Waals surface area contributed by atoms with Gasteiger partial charge in [0.05, 0.1) is 27.5 Å². The quantitative estimate of drug-likeness (QED) is 0.224. The number of hydrogen-bond acceptors (Lipinski definition) is 7. The zero-order chi connectivity index (χ0) is 26.6. The molecular formula is C27H28ClN3O6. The molecule has 3 aromatic rings. The van der Waals surface area contributed by atoms with Crippen LogP contribution in [0.4, 0.5) is 0 Å². The van der Waals surface area contributed by atoms with Crippen LogP contribution in [0, 0.1) is 0 Å². The number of carbonyl (C=O) groups excluding carboxylic acids is 2. The van der Waals surface area contributed by atoms with Gasteiger partial charge >= 0.3 is 11.8 Å². The van der Waals surface area contributed by atoms with Gasteiger partial charge in [-0.1, -0.05) is 41.9 Å². The van der Waals surface area contributed by atoms with Gasteiger partial charge in [-0.25, -0.2) is 5.43 Å². The van der Waals surface area contributed by atoms with Crippen molar-refractivity contribution in [1.29, 1.82) is 0 Å². The lowest BCUT2D eigenvalue weighted by Gasteiger charge is -2.13. The summed E-state index contributed by atoms with van der Waals surface area (Å²) in [5.41, 5.74) is 4.48. The van der Waals surface area contributed by atoms with Crippen LogP contribution < -0.4 is 29.7 Å². The third kappa shape index (κ3) is 7.62. The summed E-state index contributed by atoms with van der Waals surface area (Å²) in [6, 6.07) is 18.0.